The van der Waals surface area contributed by atoms with Gasteiger partial charge >= 0.3 is 0 Å². The number of nitrogens with zero attached hydrogens (tertiary/aromatic N) is 2. The lowest BCUT2D eigenvalue weighted by Crippen LogP contribution is -2.04. The van der Waals surface area contributed by atoms with Gasteiger partial charge in [-0.2, -0.15) is 0 Å². The van der Waals surface area contributed by atoms with Crippen molar-refractivity contribution in [1.29, 1.82) is 0 Å². The minimum atomic E-state index is -0.532. The Morgan fingerprint density at radius 1 is 1.00 bits per heavy atom. The first-order chi connectivity index (χ1) is 3.88. The molecule has 0 aromatic carbocycles. The Morgan fingerprint density at radius 3 is 1.50 bits per heavy atom. The minimum Gasteiger partial charge on any atom is -0.301 e. The van der Waals surface area contributed by atoms with Crippen LogP contribution in [0.4, 0.5) is 0 Å². The third kappa shape index (κ3) is 0.358. The summed E-state index contributed by atoms with van der Waals surface area (Å²) in [5, 5.41) is 0. The maximum Gasteiger partial charge on any atom is 0.180 e. The molecule has 2 rings (SSSR count). The minimum absolute atomic E-state index is 0.532. The second-order valence-electron chi connectivity index (χ2n) is 1.68. The molecule has 0 atom stereocenters. The van der Waals surface area contributed by atoms with Gasteiger partial charge in [-0.3, -0.25) is 5.50 Å². The van der Waals surface area contributed by atoms with Gasteiger partial charge in [0.15, 0.2) is 8.37 Å². The zero-order valence-corrected chi connectivity index (χ0v) is 5.12. The molecule has 0 amide bonds. The van der Waals surface area contributed by atoms with E-state index in [9.17, 15) is 0 Å². The van der Waals surface area contributed by atoms with E-state index in [0.717, 1.165) is 0 Å². The van der Waals surface area contributed by atoms with Gasteiger partial charge in [0, 0.05) is 24.8 Å². The van der Waals surface area contributed by atoms with E-state index in [1.165, 1.54) is 0 Å². The Morgan fingerprint density at radius 2 is 1.38 bits per heavy atom. The van der Waals surface area contributed by atoms with Gasteiger partial charge < -0.3 is 9.34 Å². The Hall–Kier alpha value is -0.530. The quantitative estimate of drug-likeness (QED) is 0.487. The highest BCUT2D eigenvalue weighted by Gasteiger charge is 2.24. The average molecular weight is 127 g/mol. The Bertz CT molecular complexity index is 135. The molecule has 42 valence electrons. The van der Waals surface area contributed by atoms with Gasteiger partial charge in [0.2, 0.25) is 0 Å². The van der Waals surface area contributed by atoms with E-state index in [1.54, 1.807) is 0 Å². The van der Waals surface area contributed by atoms with Crippen LogP contribution < -0.4 is 5.50 Å². The monoisotopic (exact) mass is 127 g/mol. The van der Waals surface area contributed by atoms with Gasteiger partial charge in [-0.1, -0.05) is 0 Å². The van der Waals surface area contributed by atoms with Crippen LogP contribution in [0, 0.1) is 0 Å². The van der Waals surface area contributed by atoms with Crippen LogP contribution in [0.5, 0.6) is 0 Å². The second-order valence-corrected chi connectivity index (χ2v) is 3.24. The SMILES string of the molecule is NP1N2C=CN1C=C2. The Balaban J connectivity index is 2.34. The van der Waals surface area contributed by atoms with Crippen molar-refractivity contribution >= 4 is 8.37 Å². The predicted octanol–water partition coefficient (Wildman–Crippen LogP) is 0.746. The Kier molecular flexibility index (Phi) is 0.678. The molecule has 0 aliphatic carbocycles. The summed E-state index contributed by atoms with van der Waals surface area (Å²) in [7, 11) is -0.532. The largest absolute Gasteiger partial charge is 0.301 e. The van der Waals surface area contributed by atoms with Crippen LogP contribution in [-0.4, -0.2) is 9.34 Å². The fraction of sp³-hybridized carbons (Fsp3) is 0. The highest BCUT2D eigenvalue weighted by Crippen LogP contribution is 2.46. The molecule has 0 spiro atoms. The van der Waals surface area contributed by atoms with Crippen molar-refractivity contribution in [2.24, 2.45) is 5.50 Å². The fourth-order valence-corrected chi connectivity index (χ4v) is 1.79. The van der Waals surface area contributed by atoms with E-state index >= 15 is 0 Å². The molecule has 0 aromatic rings. The van der Waals surface area contributed by atoms with Crippen molar-refractivity contribution in [2.45, 2.75) is 0 Å². The van der Waals surface area contributed by atoms with E-state index in [-0.39, 0.29) is 0 Å². The molecule has 0 unspecified atom stereocenters. The van der Waals surface area contributed by atoms with Crippen LogP contribution in [-0.2, 0) is 0 Å². The van der Waals surface area contributed by atoms with Crippen LogP contribution >= 0.6 is 8.37 Å². The Labute approximate surface area is 49.0 Å². The molecule has 3 nitrogen and oxygen atoms in total. The highest BCUT2D eigenvalue weighted by molar-refractivity contribution is 7.51. The first-order valence-corrected chi connectivity index (χ1v) is 3.67. The predicted molar refractivity (Wildman–Crippen MR) is 33.1 cm³/mol. The zero-order chi connectivity index (χ0) is 5.56. The van der Waals surface area contributed by atoms with Gasteiger partial charge in [0.05, 0.1) is 0 Å². The van der Waals surface area contributed by atoms with Crippen molar-refractivity contribution in [3.8, 4) is 0 Å². The summed E-state index contributed by atoms with van der Waals surface area (Å²) < 4.78 is 4.02. The molecule has 0 saturated carbocycles. The molecule has 0 fully saturated rings. The summed E-state index contributed by atoms with van der Waals surface area (Å²) in [6.45, 7) is 0. The summed E-state index contributed by atoms with van der Waals surface area (Å²) in [6.07, 6.45) is 7.91. The smallest absolute Gasteiger partial charge is 0.180 e. The third-order valence-corrected chi connectivity index (χ3v) is 2.70. The summed E-state index contributed by atoms with van der Waals surface area (Å²) in [5.41, 5.74) is 5.68. The molecule has 0 aromatic heterocycles. The van der Waals surface area contributed by atoms with E-state index in [2.05, 4.69) is 0 Å². The van der Waals surface area contributed by atoms with E-state index in [1.807, 2.05) is 34.1 Å². The number of hydrogen-bond donors (Lipinski definition) is 1. The van der Waals surface area contributed by atoms with Crippen LogP contribution in [0.1, 0.15) is 0 Å². The van der Waals surface area contributed by atoms with Gasteiger partial charge in [-0.15, -0.1) is 0 Å². The first-order valence-electron chi connectivity index (χ1n) is 2.36. The van der Waals surface area contributed by atoms with Crippen LogP contribution in [0.2, 0.25) is 0 Å². The lowest BCUT2D eigenvalue weighted by atomic mass is 10.7. The first kappa shape index (κ1) is 4.36. The molecule has 2 bridgehead atoms. The number of nitrogens with two attached hydrogens (primary N) is 1. The molecular weight excluding hydrogens is 121 g/mol. The number of fused-ring (bicyclic) bond motifs is 2. The molecule has 2 aliphatic rings. The lowest BCUT2D eigenvalue weighted by Gasteiger charge is -2.13. The molecule has 2 heterocycles. The molecule has 0 saturated heterocycles. The van der Waals surface area contributed by atoms with Crippen molar-refractivity contribution in [3.05, 3.63) is 24.8 Å². The standard InChI is InChI=1S/C4H6N3P/c5-8-6-1-2-7(8)4-3-6/h1-4H,5H2. The molecule has 4 heteroatoms. The molecule has 8 heavy (non-hydrogen) atoms. The lowest BCUT2D eigenvalue weighted by molar-refractivity contribution is 0.829. The second kappa shape index (κ2) is 1.24. The summed E-state index contributed by atoms with van der Waals surface area (Å²) in [6, 6.07) is 0. The van der Waals surface area contributed by atoms with Crippen LogP contribution in [0.3, 0.4) is 0 Å². The number of rotatable bonds is 0. The number of hydrogen-bond acceptors (Lipinski definition) is 3. The summed E-state index contributed by atoms with van der Waals surface area (Å²) in [4.78, 5) is 0. The average Bonchev–Trinajstić information content (AvgIpc) is 2.29. The highest BCUT2D eigenvalue weighted by atomic mass is 31.1. The molecule has 0 radical (unpaired) electrons. The molecular formula is C4H6N3P. The maximum atomic E-state index is 5.68. The van der Waals surface area contributed by atoms with E-state index < -0.39 is 8.37 Å². The van der Waals surface area contributed by atoms with Gasteiger partial charge in [-0.25, -0.2) is 0 Å². The van der Waals surface area contributed by atoms with E-state index in [0.29, 0.717) is 0 Å². The molecule has 2 aliphatic heterocycles. The van der Waals surface area contributed by atoms with Crippen molar-refractivity contribution in [1.82, 2.24) is 9.34 Å². The van der Waals surface area contributed by atoms with E-state index in [4.69, 9.17) is 5.50 Å². The normalized spacial score (nSPS) is 24.1. The third-order valence-electron chi connectivity index (χ3n) is 1.22. The van der Waals surface area contributed by atoms with Crippen molar-refractivity contribution < 1.29 is 0 Å². The van der Waals surface area contributed by atoms with Crippen molar-refractivity contribution in [3.63, 3.8) is 0 Å². The maximum absolute atomic E-state index is 5.68. The van der Waals surface area contributed by atoms with Gasteiger partial charge in [0.25, 0.3) is 0 Å². The zero-order valence-electron chi connectivity index (χ0n) is 4.23. The van der Waals surface area contributed by atoms with Crippen LogP contribution in [0.15, 0.2) is 24.8 Å². The summed E-state index contributed by atoms with van der Waals surface area (Å²) in [5.74, 6) is 0. The summed E-state index contributed by atoms with van der Waals surface area (Å²) >= 11 is 0. The van der Waals surface area contributed by atoms with Crippen LogP contribution in [0.25, 0.3) is 0 Å². The van der Waals surface area contributed by atoms with Gasteiger partial charge in [-0.05, 0) is 0 Å². The fourth-order valence-electron chi connectivity index (χ4n) is 0.765. The van der Waals surface area contributed by atoms with Crippen molar-refractivity contribution in [2.75, 3.05) is 0 Å². The van der Waals surface area contributed by atoms with Gasteiger partial charge in [0.1, 0.15) is 0 Å². The topological polar surface area (TPSA) is 32.5 Å². The molecule has 2 N–H and O–H groups in total.